The smallest absolute Gasteiger partial charge is 0.321 e. The summed E-state index contributed by atoms with van der Waals surface area (Å²) < 4.78 is 7.30. The molecule has 0 radical (unpaired) electrons. The van der Waals surface area contributed by atoms with Crippen LogP contribution in [0.15, 0.2) is 6.33 Å². The first-order valence-electron chi connectivity index (χ1n) is 6.88. The molecule has 0 saturated carbocycles. The van der Waals surface area contributed by atoms with E-state index in [1.165, 1.54) is 11.0 Å². The number of hydrogen-bond donors (Lipinski definition) is 2. The van der Waals surface area contributed by atoms with Gasteiger partial charge in [0.15, 0.2) is 0 Å². The largest absolute Gasteiger partial charge is 0.377 e. The molecule has 0 spiro atoms. The summed E-state index contributed by atoms with van der Waals surface area (Å²) in [5.74, 6) is 0.776. The minimum Gasteiger partial charge on any atom is -0.377 e. The Bertz CT molecular complexity index is 466. The van der Waals surface area contributed by atoms with Crippen LogP contribution < -0.4 is 10.6 Å². The van der Waals surface area contributed by atoms with Gasteiger partial charge in [-0.2, -0.15) is 10.1 Å². The molecule has 1 aliphatic rings. The number of urea groups is 1. The van der Waals surface area contributed by atoms with Gasteiger partial charge in [-0.05, 0) is 11.8 Å². The van der Waals surface area contributed by atoms with Crippen LogP contribution >= 0.6 is 0 Å². The topological polar surface area (TPSA) is 81.1 Å². The Balaban J connectivity index is 1.83. The monoisotopic (exact) mass is 281 g/mol. The van der Waals surface area contributed by atoms with Crippen LogP contribution in [-0.4, -0.2) is 40.1 Å². The van der Waals surface area contributed by atoms with E-state index in [-0.39, 0.29) is 17.6 Å². The summed E-state index contributed by atoms with van der Waals surface area (Å²) in [7, 11) is 1.73. The average molecular weight is 281 g/mol. The van der Waals surface area contributed by atoms with Gasteiger partial charge in [0.25, 0.3) is 0 Å². The molecular weight excluding hydrogens is 258 g/mol. The molecule has 20 heavy (non-hydrogen) atoms. The lowest BCUT2D eigenvalue weighted by Gasteiger charge is -2.31. The van der Waals surface area contributed by atoms with Crippen molar-refractivity contribution in [1.82, 2.24) is 20.1 Å². The summed E-state index contributed by atoms with van der Waals surface area (Å²) in [6, 6.07) is -0.263. The number of nitrogens with zero attached hydrogens (tertiary/aromatic N) is 3. The lowest BCUT2D eigenvalue weighted by molar-refractivity contribution is 0.00782. The molecule has 0 aliphatic carbocycles. The quantitative estimate of drug-likeness (QED) is 0.877. The Hall–Kier alpha value is -1.63. The van der Waals surface area contributed by atoms with Gasteiger partial charge < -0.3 is 10.1 Å². The second-order valence-corrected chi connectivity index (χ2v) is 6.25. The third-order valence-corrected chi connectivity index (χ3v) is 3.53. The van der Waals surface area contributed by atoms with Crippen molar-refractivity contribution >= 4 is 12.0 Å². The molecule has 112 valence electrons. The Labute approximate surface area is 119 Å². The average Bonchev–Trinajstić information content (AvgIpc) is 2.96. The van der Waals surface area contributed by atoms with E-state index in [0.717, 1.165) is 13.0 Å². The maximum absolute atomic E-state index is 11.8. The number of aromatic nitrogens is 3. The van der Waals surface area contributed by atoms with Crippen molar-refractivity contribution in [2.24, 2.45) is 18.4 Å². The highest BCUT2D eigenvalue weighted by atomic mass is 16.5. The van der Waals surface area contributed by atoms with Gasteiger partial charge in [-0.15, -0.1) is 0 Å². The van der Waals surface area contributed by atoms with Crippen LogP contribution in [-0.2, 0) is 11.8 Å². The fraction of sp³-hybridized carbons (Fsp3) is 0.769. The van der Waals surface area contributed by atoms with E-state index in [2.05, 4.69) is 41.5 Å². The van der Waals surface area contributed by atoms with E-state index in [0.29, 0.717) is 18.4 Å². The van der Waals surface area contributed by atoms with E-state index >= 15 is 0 Å². The van der Waals surface area contributed by atoms with Gasteiger partial charge in [-0.1, -0.05) is 20.8 Å². The molecule has 1 aromatic rings. The molecule has 2 N–H and O–H groups in total. The summed E-state index contributed by atoms with van der Waals surface area (Å²) in [6.07, 6.45) is 2.56. The zero-order chi connectivity index (χ0) is 14.8. The molecular formula is C13H23N5O2. The molecule has 1 aromatic heterocycles. The summed E-state index contributed by atoms with van der Waals surface area (Å²) >= 11 is 0. The van der Waals surface area contributed by atoms with Gasteiger partial charge in [-0.25, -0.2) is 9.48 Å². The zero-order valence-electron chi connectivity index (χ0n) is 12.5. The summed E-state index contributed by atoms with van der Waals surface area (Å²) in [5, 5.41) is 9.44. The lowest BCUT2D eigenvalue weighted by Crippen LogP contribution is -2.40. The van der Waals surface area contributed by atoms with Gasteiger partial charge in [-0.3, -0.25) is 5.32 Å². The highest BCUT2D eigenvalue weighted by Gasteiger charge is 2.37. The molecule has 0 bridgehead atoms. The number of hydrogen-bond acceptors (Lipinski definition) is 4. The minimum atomic E-state index is -0.263. The molecule has 1 fully saturated rings. The van der Waals surface area contributed by atoms with Crippen LogP contribution in [0, 0.1) is 11.3 Å². The molecule has 1 saturated heterocycles. The Morgan fingerprint density at radius 1 is 1.55 bits per heavy atom. The number of amides is 2. The van der Waals surface area contributed by atoms with Crippen molar-refractivity contribution in [2.75, 3.05) is 18.5 Å². The van der Waals surface area contributed by atoms with Crippen molar-refractivity contribution in [2.45, 2.75) is 33.3 Å². The molecule has 0 aromatic carbocycles. The fourth-order valence-electron chi connectivity index (χ4n) is 2.58. The van der Waals surface area contributed by atoms with Crippen LogP contribution in [0.3, 0.4) is 0 Å². The highest BCUT2D eigenvalue weighted by molar-refractivity contribution is 5.87. The number of carbonyl (C=O) groups is 1. The fourth-order valence-corrected chi connectivity index (χ4v) is 2.58. The lowest BCUT2D eigenvalue weighted by atomic mass is 9.81. The van der Waals surface area contributed by atoms with Gasteiger partial charge >= 0.3 is 6.03 Å². The first-order chi connectivity index (χ1) is 9.38. The molecule has 1 aliphatic heterocycles. The normalized spacial score (nSPS) is 22.8. The Morgan fingerprint density at radius 3 is 2.90 bits per heavy atom. The van der Waals surface area contributed by atoms with Crippen LogP contribution in [0.4, 0.5) is 10.7 Å². The molecule has 2 heterocycles. The van der Waals surface area contributed by atoms with Crippen molar-refractivity contribution in [3.63, 3.8) is 0 Å². The first kappa shape index (κ1) is 14.8. The first-order valence-corrected chi connectivity index (χ1v) is 6.88. The third-order valence-electron chi connectivity index (χ3n) is 3.53. The van der Waals surface area contributed by atoms with Crippen molar-refractivity contribution in [3.8, 4) is 0 Å². The molecule has 2 rings (SSSR count). The minimum absolute atomic E-state index is 0.0862. The van der Waals surface area contributed by atoms with Crippen LogP contribution in [0.5, 0.6) is 0 Å². The van der Waals surface area contributed by atoms with E-state index < -0.39 is 0 Å². The predicted molar refractivity (Wildman–Crippen MR) is 75.3 cm³/mol. The van der Waals surface area contributed by atoms with Crippen LogP contribution in [0.1, 0.15) is 27.2 Å². The Kier molecular flexibility index (Phi) is 4.27. The SMILES string of the molecule is Cn1ncnc1NC(=O)NC[C@H]1CCO[C@@H]1C(C)(C)C. The molecule has 0 unspecified atom stereocenters. The molecule has 2 atom stereocenters. The van der Waals surface area contributed by atoms with Crippen molar-refractivity contribution < 1.29 is 9.53 Å². The predicted octanol–water partition coefficient (Wildman–Crippen LogP) is 1.39. The molecule has 2 amide bonds. The van der Waals surface area contributed by atoms with E-state index in [1.54, 1.807) is 7.05 Å². The summed E-state index contributed by atoms with van der Waals surface area (Å²) in [6.45, 7) is 7.85. The van der Waals surface area contributed by atoms with Gasteiger partial charge in [0.1, 0.15) is 6.33 Å². The highest BCUT2D eigenvalue weighted by Crippen LogP contribution is 2.34. The van der Waals surface area contributed by atoms with Gasteiger partial charge in [0.2, 0.25) is 5.95 Å². The number of ether oxygens (including phenoxy) is 1. The molecule has 7 heteroatoms. The van der Waals surface area contributed by atoms with E-state index in [1.807, 2.05) is 0 Å². The van der Waals surface area contributed by atoms with Gasteiger partial charge in [0.05, 0.1) is 6.10 Å². The third kappa shape index (κ3) is 3.47. The number of aryl methyl sites for hydroxylation is 1. The second kappa shape index (κ2) is 5.78. The zero-order valence-corrected chi connectivity index (χ0v) is 12.5. The standard InChI is InChI=1S/C13H23N5O2/c1-13(2,3)10-9(5-6-20-10)7-14-12(19)17-11-15-8-16-18(11)4/h8-10H,5-7H2,1-4H3,(H2,14,15,16,17,19)/t9-,10+/m1/s1. The van der Waals surface area contributed by atoms with Crippen LogP contribution in [0.25, 0.3) is 0 Å². The van der Waals surface area contributed by atoms with Crippen LogP contribution in [0.2, 0.25) is 0 Å². The molecule has 7 nitrogen and oxygen atoms in total. The maximum Gasteiger partial charge on any atom is 0.321 e. The summed E-state index contributed by atoms with van der Waals surface area (Å²) in [5.41, 5.74) is 0.0862. The maximum atomic E-state index is 11.8. The van der Waals surface area contributed by atoms with E-state index in [9.17, 15) is 4.79 Å². The number of anilines is 1. The number of carbonyl (C=O) groups excluding carboxylic acids is 1. The number of nitrogens with one attached hydrogen (secondary N) is 2. The Morgan fingerprint density at radius 2 is 2.30 bits per heavy atom. The van der Waals surface area contributed by atoms with Gasteiger partial charge in [0, 0.05) is 26.1 Å². The summed E-state index contributed by atoms with van der Waals surface area (Å²) in [4.78, 5) is 15.8. The second-order valence-electron chi connectivity index (χ2n) is 6.25. The van der Waals surface area contributed by atoms with Crippen molar-refractivity contribution in [1.29, 1.82) is 0 Å². The van der Waals surface area contributed by atoms with Crippen molar-refractivity contribution in [3.05, 3.63) is 6.33 Å². The van der Waals surface area contributed by atoms with E-state index in [4.69, 9.17) is 4.74 Å². The number of rotatable bonds is 3.